The molecule has 2 N–H and O–H groups in total. The summed E-state index contributed by atoms with van der Waals surface area (Å²) in [6, 6.07) is 15.8. The maximum Gasteiger partial charge on any atom is 0.274 e. The molecule has 3 rings (SSSR count). The average Bonchev–Trinajstić information content (AvgIpc) is 2.65. The number of aryl methyl sites for hydroxylation is 1. The van der Waals surface area contributed by atoms with E-state index in [-0.39, 0.29) is 17.5 Å². The first-order chi connectivity index (χ1) is 12.6. The molecule has 0 saturated carbocycles. The number of para-hydroxylation sites is 1. The number of carbonyl (C=O) groups is 1. The van der Waals surface area contributed by atoms with Gasteiger partial charge in [-0.25, -0.2) is 9.97 Å². The zero-order valence-corrected chi connectivity index (χ0v) is 14.6. The number of benzene rings is 2. The van der Waals surface area contributed by atoms with E-state index in [9.17, 15) is 4.79 Å². The number of hydrogen-bond donors (Lipinski definition) is 2. The molecule has 1 aromatic heterocycles. The van der Waals surface area contributed by atoms with E-state index >= 15 is 0 Å². The van der Waals surface area contributed by atoms with Crippen molar-refractivity contribution < 1.29 is 4.79 Å². The van der Waals surface area contributed by atoms with E-state index in [0.29, 0.717) is 22.0 Å². The normalized spacial score (nSPS) is 10.0. The standard InChI is InChI=1S/C19H14ClN5O/c1-12-6-7-14(10-15(12)20)23-18(26)17-8-9-22-19(25-17)24-16-5-3-2-4-13(16)11-21/h2-10H,1H3,(H,23,26)(H,22,24,25). The summed E-state index contributed by atoms with van der Waals surface area (Å²) in [5, 5.41) is 15.4. The van der Waals surface area contributed by atoms with Crippen LogP contribution in [0, 0.1) is 18.3 Å². The van der Waals surface area contributed by atoms with Crippen LogP contribution in [-0.4, -0.2) is 15.9 Å². The Morgan fingerprint density at radius 2 is 2.00 bits per heavy atom. The van der Waals surface area contributed by atoms with Crippen LogP contribution in [0.1, 0.15) is 21.6 Å². The van der Waals surface area contributed by atoms with Crippen LogP contribution < -0.4 is 10.6 Å². The summed E-state index contributed by atoms with van der Waals surface area (Å²) in [5.74, 6) is -0.161. The molecule has 0 aliphatic rings. The number of rotatable bonds is 4. The van der Waals surface area contributed by atoms with Gasteiger partial charge in [-0.05, 0) is 42.8 Å². The number of halogens is 1. The van der Waals surface area contributed by atoms with Crippen molar-refractivity contribution in [2.24, 2.45) is 0 Å². The third-order valence-electron chi connectivity index (χ3n) is 3.61. The number of hydrogen-bond acceptors (Lipinski definition) is 5. The quantitative estimate of drug-likeness (QED) is 0.720. The molecule has 0 fully saturated rings. The van der Waals surface area contributed by atoms with Crippen LogP contribution in [0.2, 0.25) is 5.02 Å². The van der Waals surface area contributed by atoms with Gasteiger partial charge < -0.3 is 10.6 Å². The van der Waals surface area contributed by atoms with Crippen molar-refractivity contribution in [1.29, 1.82) is 5.26 Å². The molecule has 128 valence electrons. The summed E-state index contributed by atoms with van der Waals surface area (Å²) >= 11 is 6.07. The van der Waals surface area contributed by atoms with E-state index in [1.165, 1.54) is 12.3 Å². The Morgan fingerprint density at radius 1 is 1.19 bits per heavy atom. The fraction of sp³-hybridized carbons (Fsp3) is 0.0526. The Labute approximate surface area is 155 Å². The molecule has 0 spiro atoms. The van der Waals surface area contributed by atoms with Crippen molar-refractivity contribution in [2.45, 2.75) is 6.92 Å². The number of nitrogens with zero attached hydrogens (tertiary/aromatic N) is 3. The van der Waals surface area contributed by atoms with Crippen LogP contribution in [0.4, 0.5) is 17.3 Å². The maximum absolute atomic E-state index is 12.4. The fourth-order valence-corrected chi connectivity index (χ4v) is 2.40. The molecule has 7 heteroatoms. The number of nitriles is 1. The predicted molar refractivity (Wildman–Crippen MR) is 101 cm³/mol. The lowest BCUT2D eigenvalue weighted by Crippen LogP contribution is -2.15. The summed E-state index contributed by atoms with van der Waals surface area (Å²) in [7, 11) is 0. The van der Waals surface area contributed by atoms with Gasteiger partial charge in [-0.3, -0.25) is 4.79 Å². The summed E-state index contributed by atoms with van der Waals surface area (Å²) < 4.78 is 0. The second kappa shape index (κ2) is 7.64. The van der Waals surface area contributed by atoms with E-state index in [4.69, 9.17) is 16.9 Å². The third kappa shape index (κ3) is 3.97. The van der Waals surface area contributed by atoms with Crippen LogP contribution >= 0.6 is 11.6 Å². The van der Waals surface area contributed by atoms with Gasteiger partial charge in [-0.1, -0.05) is 29.8 Å². The van der Waals surface area contributed by atoms with Gasteiger partial charge in [-0.15, -0.1) is 0 Å². The van der Waals surface area contributed by atoms with E-state index in [1.54, 1.807) is 36.4 Å². The Morgan fingerprint density at radius 3 is 2.77 bits per heavy atom. The average molecular weight is 364 g/mol. The smallest absolute Gasteiger partial charge is 0.274 e. The summed E-state index contributed by atoms with van der Waals surface area (Å²) in [5.41, 5.74) is 2.72. The largest absolute Gasteiger partial charge is 0.323 e. The predicted octanol–water partition coefficient (Wildman–Crippen LogP) is 4.31. The molecule has 0 aliphatic heterocycles. The van der Waals surface area contributed by atoms with Crippen molar-refractivity contribution in [3.05, 3.63) is 76.6 Å². The Kier molecular flexibility index (Phi) is 5.11. The molecule has 3 aromatic rings. The minimum Gasteiger partial charge on any atom is -0.323 e. The first kappa shape index (κ1) is 17.4. The Hall–Kier alpha value is -3.43. The minimum atomic E-state index is -0.385. The second-order valence-electron chi connectivity index (χ2n) is 5.47. The monoisotopic (exact) mass is 363 g/mol. The lowest BCUT2D eigenvalue weighted by Gasteiger charge is -2.09. The molecule has 0 aliphatic carbocycles. The van der Waals surface area contributed by atoms with E-state index in [2.05, 4.69) is 26.7 Å². The lowest BCUT2D eigenvalue weighted by atomic mass is 10.2. The van der Waals surface area contributed by atoms with Crippen molar-refractivity contribution >= 4 is 34.8 Å². The molecular formula is C19H14ClN5O. The second-order valence-corrected chi connectivity index (χ2v) is 5.87. The number of carbonyl (C=O) groups excluding carboxylic acids is 1. The van der Waals surface area contributed by atoms with Gasteiger partial charge in [0, 0.05) is 16.9 Å². The highest BCUT2D eigenvalue weighted by molar-refractivity contribution is 6.31. The maximum atomic E-state index is 12.4. The molecule has 0 bridgehead atoms. The Balaban J connectivity index is 1.79. The zero-order chi connectivity index (χ0) is 18.5. The van der Waals surface area contributed by atoms with Crippen LogP contribution in [0.3, 0.4) is 0 Å². The van der Waals surface area contributed by atoms with E-state index in [0.717, 1.165) is 5.56 Å². The Bertz CT molecular complexity index is 1010. The van der Waals surface area contributed by atoms with E-state index in [1.807, 2.05) is 13.0 Å². The third-order valence-corrected chi connectivity index (χ3v) is 4.02. The van der Waals surface area contributed by atoms with Gasteiger partial charge in [0.25, 0.3) is 5.91 Å². The molecule has 0 atom stereocenters. The first-order valence-electron chi connectivity index (χ1n) is 7.73. The van der Waals surface area contributed by atoms with Crippen molar-refractivity contribution in [3.63, 3.8) is 0 Å². The van der Waals surface area contributed by atoms with Gasteiger partial charge in [0.05, 0.1) is 11.3 Å². The number of aromatic nitrogens is 2. The van der Waals surface area contributed by atoms with E-state index < -0.39 is 0 Å². The highest BCUT2D eigenvalue weighted by Gasteiger charge is 2.11. The van der Waals surface area contributed by atoms with Gasteiger partial charge >= 0.3 is 0 Å². The number of anilines is 3. The van der Waals surface area contributed by atoms with Crippen LogP contribution in [-0.2, 0) is 0 Å². The van der Waals surface area contributed by atoms with Crippen molar-refractivity contribution in [3.8, 4) is 6.07 Å². The lowest BCUT2D eigenvalue weighted by molar-refractivity contribution is 0.102. The zero-order valence-electron chi connectivity index (χ0n) is 13.8. The molecule has 0 unspecified atom stereocenters. The van der Waals surface area contributed by atoms with Gasteiger partial charge in [0.2, 0.25) is 5.95 Å². The molecule has 0 saturated heterocycles. The highest BCUT2D eigenvalue weighted by atomic mass is 35.5. The molecule has 2 aromatic carbocycles. The summed E-state index contributed by atoms with van der Waals surface area (Å²) in [6.07, 6.45) is 1.47. The van der Waals surface area contributed by atoms with Crippen LogP contribution in [0.5, 0.6) is 0 Å². The highest BCUT2D eigenvalue weighted by Crippen LogP contribution is 2.21. The number of amides is 1. The van der Waals surface area contributed by atoms with Crippen molar-refractivity contribution in [1.82, 2.24) is 9.97 Å². The molecule has 0 radical (unpaired) electrons. The fourth-order valence-electron chi connectivity index (χ4n) is 2.22. The molecular weight excluding hydrogens is 350 g/mol. The van der Waals surface area contributed by atoms with Crippen LogP contribution in [0.25, 0.3) is 0 Å². The molecule has 1 amide bonds. The summed E-state index contributed by atoms with van der Waals surface area (Å²) in [4.78, 5) is 20.7. The number of nitrogens with one attached hydrogen (secondary N) is 2. The van der Waals surface area contributed by atoms with Gasteiger partial charge in [0.15, 0.2) is 0 Å². The molecule has 26 heavy (non-hydrogen) atoms. The van der Waals surface area contributed by atoms with Gasteiger partial charge in [0.1, 0.15) is 11.8 Å². The molecule has 6 nitrogen and oxygen atoms in total. The SMILES string of the molecule is Cc1ccc(NC(=O)c2ccnc(Nc3ccccc3C#N)n2)cc1Cl. The van der Waals surface area contributed by atoms with Gasteiger partial charge in [-0.2, -0.15) is 5.26 Å². The topological polar surface area (TPSA) is 90.7 Å². The minimum absolute atomic E-state index is 0.189. The van der Waals surface area contributed by atoms with Crippen LogP contribution in [0.15, 0.2) is 54.7 Å². The van der Waals surface area contributed by atoms with Crippen molar-refractivity contribution in [2.75, 3.05) is 10.6 Å². The first-order valence-corrected chi connectivity index (χ1v) is 8.11. The molecule has 1 heterocycles. The summed E-state index contributed by atoms with van der Waals surface area (Å²) in [6.45, 7) is 1.88.